The lowest BCUT2D eigenvalue weighted by molar-refractivity contribution is 0.171. The van der Waals surface area contributed by atoms with Crippen molar-refractivity contribution in [2.24, 2.45) is 0 Å². The molecule has 2 aliphatic heterocycles. The molecule has 1 N–H and O–H groups in total. The van der Waals surface area contributed by atoms with E-state index in [-0.39, 0.29) is 0 Å². The Bertz CT molecular complexity index is 593. The smallest absolute Gasteiger partial charge is 0.161 e. The van der Waals surface area contributed by atoms with Gasteiger partial charge >= 0.3 is 0 Å². The third-order valence-corrected chi connectivity index (χ3v) is 5.74. The van der Waals surface area contributed by atoms with E-state index in [0.717, 1.165) is 24.5 Å². The number of hydrogen-bond donors (Lipinski definition) is 1. The number of fused-ring (bicyclic) bond motifs is 2. The van der Waals surface area contributed by atoms with Gasteiger partial charge in [-0.3, -0.25) is 0 Å². The topological polar surface area (TPSA) is 37.0 Å². The molecule has 0 aromatic heterocycles. The Labute approximate surface area is 151 Å². The monoisotopic (exact) mass is 345 g/mol. The first-order valence-electron chi connectivity index (χ1n) is 9.86. The van der Waals surface area contributed by atoms with Crippen LogP contribution in [0.3, 0.4) is 0 Å². The van der Waals surface area contributed by atoms with Crippen molar-refractivity contribution in [3.05, 3.63) is 23.3 Å². The van der Waals surface area contributed by atoms with Crippen molar-refractivity contribution in [3.8, 4) is 11.5 Å². The van der Waals surface area contributed by atoms with Gasteiger partial charge in [-0.2, -0.15) is 0 Å². The maximum Gasteiger partial charge on any atom is 0.161 e. The van der Waals surface area contributed by atoms with Crippen LogP contribution in [0.4, 0.5) is 0 Å². The summed E-state index contributed by atoms with van der Waals surface area (Å²) in [5.41, 5.74) is 2.85. The summed E-state index contributed by atoms with van der Waals surface area (Å²) >= 11 is 0. The number of nitrogens with zero attached hydrogens (tertiary/aromatic N) is 2. The molecular formula is C20H31N3O2. The van der Waals surface area contributed by atoms with Crippen LogP contribution in [0, 0.1) is 0 Å². The standard InChI is InChI=1S/C20H31N3O2/c1-22-7-3-9-23(11-10-22)8-2-6-21-18-5-4-16-14-19-20(15-17(16)18)25-13-12-24-19/h14-15,18,21H,2-13H2,1H3/t18-/m0/s1. The molecule has 138 valence electrons. The zero-order valence-electron chi connectivity index (χ0n) is 15.4. The van der Waals surface area contributed by atoms with Crippen molar-refractivity contribution < 1.29 is 9.47 Å². The predicted molar refractivity (Wildman–Crippen MR) is 99.7 cm³/mol. The average Bonchev–Trinajstić information content (AvgIpc) is 2.90. The van der Waals surface area contributed by atoms with E-state index in [0.29, 0.717) is 19.3 Å². The van der Waals surface area contributed by atoms with Gasteiger partial charge in [0, 0.05) is 19.1 Å². The molecule has 0 bridgehead atoms. The van der Waals surface area contributed by atoms with Crippen LogP contribution in [-0.4, -0.2) is 69.3 Å². The van der Waals surface area contributed by atoms with Gasteiger partial charge in [0.2, 0.25) is 0 Å². The van der Waals surface area contributed by atoms with Gasteiger partial charge in [-0.1, -0.05) is 0 Å². The van der Waals surface area contributed by atoms with Gasteiger partial charge in [-0.05, 0) is 82.2 Å². The first-order chi connectivity index (χ1) is 12.3. The van der Waals surface area contributed by atoms with Crippen molar-refractivity contribution in [1.29, 1.82) is 0 Å². The van der Waals surface area contributed by atoms with Crippen molar-refractivity contribution in [2.45, 2.75) is 31.7 Å². The maximum absolute atomic E-state index is 5.76. The molecule has 0 amide bonds. The van der Waals surface area contributed by atoms with Crippen molar-refractivity contribution in [3.63, 3.8) is 0 Å². The summed E-state index contributed by atoms with van der Waals surface area (Å²) in [6.07, 6.45) is 4.85. The highest BCUT2D eigenvalue weighted by atomic mass is 16.6. The van der Waals surface area contributed by atoms with Crippen LogP contribution in [0.2, 0.25) is 0 Å². The normalized spacial score (nSPS) is 24.1. The molecule has 5 nitrogen and oxygen atoms in total. The zero-order chi connectivity index (χ0) is 17.1. The molecule has 2 heterocycles. The van der Waals surface area contributed by atoms with E-state index in [4.69, 9.17) is 9.47 Å². The van der Waals surface area contributed by atoms with E-state index in [2.05, 4.69) is 34.3 Å². The van der Waals surface area contributed by atoms with Crippen LogP contribution in [0.25, 0.3) is 0 Å². The van der Waals surface area contributed by atoms with E-state index in [1.54, 1.807) is 0 Å². The summed E-state index contributed by atoms with van der Waals surface area (Å²) in [6, 6.07) is 4.87. The van der Waals surface area contributed by atoms with Crippen molar-refractivity contribution in [2.75, 3.05) is 59.5 Å². The second-order valence-electron chi connectivity index (χ2n) is 7.59. The van der Waals surface area contributed by atoms with Crippen LogP contribution in [0.1, 0.15) is 36.4 Å². The fourth-order valence-electron chi connectivity index (χ4n) is 4.26. The summed E-state index contributed by atoms with van der Waals surface area (Å²) < 4.78 is 11.5. The van der Waals surface area contributed by atoms with E-state index >= 15 is 0 Å². The Morgan fingerprint density at radius 2 is 1.92 bits per heavy atom. The molecule has 0 spiro atoms. The fraction of sp³-hybridized carbons (Fsp3) is 0.700. The summed E-state index contributed by atoms with van der Waals surface area (Å²) in [6.45, 7) is 8.54. The molecule has 25 heavy (non-hydrogen) atoms. The van der Waals surface area contributed by atoms with E-state index in [1.807, 2.05) is 0 Å². The van der Waals surface area contributed by atoms with Gasteiger partial charge < -0.3 is 24.6 Å². The fourth-order valence-corrected chi connectivity index (χ4v) is 4.26. The van der Waals surface area contributed by atoms with Gasteiger partial charge in [-0.25, -0.2) is 0 Å². The van der Waals surface area contributed by atoms with Gasteiger partial charge in [0.15, 0.2) is 11.5 Å². The number of hydrogen-bond acceptors (Lipinski definition) is 5. The van der Waals surface area contributed by atoms with Gasteiger partial charge in [0.05, 0.1) is 0 Å². The molecule has 4 rings (SSSR count). The van der Waals surface area contributed by atoms with E-state index in [9.17, 15) is 0 Å². The number of rotatable bonds is 5. The number of ether oxygens (including phenoxy) is 2. The number of likely N-dealkylation sites (N-methyl/N-ethyl adjacent to an activating group) is 1. The molecule has 1 atom stereocenters. The summed E-state index contributed by atoms with van der Waals surface area (Å²) in [5, 5.41) is 3.78. The highest BCUT2D eigenvalue weighted by molar-refractivity contribution is 5.50. The molecule has 0 saturated carbocycles. The molecule has 3 aliphatic rings. The summed E-state index contributed by atoms with van der Waals surface area (Å²) in [4.78, 5) is 5.06. The molecule has 1 fully saturated rings. The number of nitrogens with one attached hydrogen (secondary N) is 1. The minimum atomic E-state index is 0.473. The lowest BCUT2D eigenvalue weighted by Crippen LogP contribution is -2.31. The lowest BCUT2D eigenvalue weighted by atomic mass is 10.1. The quantitative estimate of drug-likeness (QED) is 0.827. The highest BCUT2D eigenvalue weighted by Gasteiger charge is 2.26. The van der Waals surface area contributed by atoms with Crippen LogP contribution < -0.4 is 14.8 Å². The predicted octanol–water partition coefficient (Wildman–Crippen LogP) is 2.06. The molecule has 1 aromatic carbocycles. The zero-order valence-corrected chi connectivity index (χ0v) is 15.4. The molecule has 1 aromatic rings. The van der Waals surface area contributed by atoms with Gasteiger partial charge in [0.1, 0.15) is 13.2 Å². The van der Waals surface area contributed by atoms with Crippen LogP contribution in [0.15, 0.2) is 12.1 Å². The minimum absolute atomic E-state index is 0.473. The molecule has 1 aliphatic carbocycles. The second-order valence-corrected chi connectivity index (χ2v) is 7.59. The third-order valence-electron chi connectivity index (χ3n) is 5.74. The van der Waals surface area contributed by atoms with Gasteiger partial charge in [0.25, 0.3) is 0 Å². The van der Waals surface area contributed by atoms with E-state index in [1.165, 1.54) is 63.1 Å². The molecule has 1 saturated heterocycles. The average molecular weight is 345 g/mol. The summed E-state index contributed by atoms with van der Waals surface area (Å²) in [5.74, 6) is 1.85. The maximum atomic E-state index is 5.76. The third kappa shape index (κ3) is 4.10. The van der Waals surface area contributed by atoms with Crippen LogP contribution in [-0.2, 0) is 6.42 Å². The Morgan fingerprint density at radius 3 is 2.80 bits per heavy atom. The van der Waals surface area contributed by atoms with Crippen molar-refractivity contribution in [1.82, 2.24) is 15.1 Å². The SMILES string of the molecule is CN1CCCN(CCCN[C@H]2CCc3cc4c(cc32)OCCO4)CC1. The van der Waals surface area contributed by atoms with E-state index < -0.39 is 0 Å². The Balaban J connectivity index is 1.26. The molecular weight excluding hydrogens is 314 g/mol. The van der Waals surface area contributed by atoms with Crippen molar-refractivity contribution >= 4 is 0 Å². The Hall–Kier alpha value is -1.30. The first-order valence-corrected chi connectivity index (χ1v) is 9.86. The molecule has 0 unspecified atom stereocenters. The number of aryl methyl sites for hydroxylation is 1. The first kappa shape index (κ1) is 17.1. The lowest BCUT2D eigenvalue weighted by Gasteiger charge is -2.22. The highest BCUT2D eigenvalue weighted by Crippen LogP contribution is 2.40. The molecule has 0 radical (unpaired) electrons. The molecule has 5 heteroatoms. The van der Waals surface area contributed by atoms with Crippen LogP contribution >= 0.6 is 0 Å². The second kappa shape index (κ2) is 7.94. The summed E-state index contributed by atoms with van der Waals surface area (Å²) in [7, 11) is 2.23. The number of benzene rings is 1. The largest absolute Gasteiger partial charge is 0.486 e. The Kier molecular flexibility index (Phi) is 5.44. The van der Waals surface area contributed by atoms with Gasteiger partial charge in [-0.15, -0.1) is 0 Å². The Morgan fingerprint density at radius 1 is 1.08 bits per heavy atom. The van der Waals surface area contributed by atoms with Crippen LogP contribution in [0.5, 0.6) is 11.5 Å². The minimum Gasteiger partial charge on any atom is -0.486 e.